The third-order valence-corrected chi connectivity index (χ3v) is 4.26. The van der Waals surface area contributed by atoms with Crippen molar-refractivity contribution in [3.05, 3.63) is 42.0 Å². The Labute approximate surface area is 131 Å². The van der Waals surface area contributed by atoms with Gasteiger partial charge in [-0.1, -0.05) is 36.8 Å². The lowest BCUT2D eigenvalue weighted by Gasteiger charge is -2.31. The average Bonchev–Trinajstić information content (AvgIpc) is 2.95. The number of benzene rings is 1. The second kappa shape index (κ2) is 7.07. The van der Waals surface area contributed by atoms with Crippen LogP contribution in [0.3, 0.4) is 0 Å². The molecule has 3 rings (SSSR count). The topological polar surface area (TPSA) is 47.6 Å². The number of nitrogens with one attached hydrogen (secondary N) is 1. The van der Waals surface area contributed by atoms with Crippen LogP contribution in [0.15, 0.2) is 36.4 Å². The van der Waals surface area contributed by atoms with Crippen LogP contribution < -0.4 is 5.32 Å². The summed E-state index contributed by atoms with van der Waals surface area (Å²) in [4.78, 5) is 11.8. The normalized spacial score (nSPS) is 23.9. The molecular weight excluding hydrogens is 278 g/mol. The molecule has 1 aliphatic heterocycles. The van der Waals surface area contributed by atoms with Crippen LogP contribution in [0.5, 0.6) is 0 Å². The minimum absolute atomic E-state index is 0.0350. The number of rotatable bonds is 4. The van der Waals surface area contributed by atoms with Crippen LogP contribution in [0.2, 0.25) is 0 Å². The standard InChI is InChI=1S/C18H23NO3/c20-17(10-9-15-7-3-1-4-8-15)19-13-16-14-21-18(22-16)11-5-2-6-12-18/h1,3-4,7-10,16H,2,5-6,11-14H2,(H,19,20). The molecule has 1 aliphatic carbocycles. The first-order valence-electron chi connectivity index (χ1n) is 8.09. The smallest absolute Gasteiger partial charge is 0.244 e. The van der Waals surface area contributed by atoms with Crippen LogP contribution in [0.25, 0.3) is 6.08 Å². The molecule has 0 aromatic heterocycles. The van der Waals surface area contributed by atoms with Gasteiger partial charge in [0.1, 0.15) is 6.10 Å². The van der Waals surface area contributed by atoms with Gasteiger partial charge in [0, 0.05) is 25.5 Å². The van der Waals surface area contributed by atoms with Gasteiger partial charge in [-0.15, -0.1) is 0 Å². The van der Waals surface area contributed by atoms with Crippen molar-refractivity contribution in [2.45, 2.75) is 44.0 Å². The van der Waals surface area contributed by atoms with Crippen LogP contribution in [0, 0.1) is 0 Å². The maximum atomic E-state index is 11.8. The van der Waals surface area contributed by atoms with Crippen LogP contribution in [0.4, 0.5) is 0 Å². The van der Waals surface area contributed by atoms with E-state index in [1.54, 1.807) is 6.08 Å². The Balaban J connectivity index is 1.43. The van der Waals surface area contributed by atoms with Gasteiger partial charge in [0.2, 0.25) is 5.91 Å². The highest BCUT2D eigenvalue weighted by Crippen LogP contribution is 2.37. The van der Waals surface area contributed by atoms with Gasteiger partial charge < -0.3 is 14.8 Å². The fourth-order valence-electron chi connectivity index (χ4n) is 3.08. The number of hydrogen-bond donors (Lipinski definition) is 1. The predicted octanol–water partition coefficient (Wildman–Crippen LogP) is 2.89. The quantitative estimate of drug-likeness (QED) is 0.870. The van der Waals surface area contributed by atoms with Gasteiger partial charge in [-0.2, -0.15) is 0 Å². The lowest BCUT2D eigenvalue weighted by atomic mass is 9.94. The van der Waals surface area contributed by atoms with Gasteiger partial charge in [0.05, 0.1) is 6.61 Å². The second-order valence-corrected chi connectivity index (χ2v) is 6.01. The van der Waals surface area contributed by atoms with Gasteiger partial charge in [0.15, 0.2) is 5.79 Å². The van der Waals surface area contributed by atoms with Gasteiger partial charge >= 0.3 is 0 Å². The van der Waals surface area contributed by atoms with Crippen molar-refractivity contribution in [1.29, 1.82) is 0 Å². The molecule has 1 saturated carbocycles. The van der Waals surface area contributed by atoms with Gasteiger partial charge in [-0.3, -0.25) is 4.79 Å². The zero-order valence-electron chi connectivity index (χ0n) is 12.8. The van der Waals surface area contributed by atoms with E-state index in [-0.39, 0.29) is 17.8 Å². The largest absolute Gasteiger partial charge is 0.350 e. The Kier molecular flexibility index (Phi) is 4.90. The van der Waals surface area contributed by atoms with Crippen LogP contribution in [-0.2, 0) is 14.3 Å². The van der Waals surface area contributed by atoms with Crippen molar-refractivity contribution in [3.8, 4) is 0 Å². The number of amides is 1. The van der Waals surface area contributed by atoms with Crippen LogP contribution in [-0.4, -0.2) is 30.9 Å². The van der Waals surface area contributed by atoms with Crippen molar-refractivity contribution < 1.29 is 14.3 Å². The molecule has 2 fully saturated rings. The average molecular weight is 301 g/mol. The number of carbonyl (C=O) groups is 1. The van der Waals surface area contributed by atoms with E-state index in [0.29, 0.717) is 13.2 Å². The first kappa shape index (κ1) is 15.3. The molecule has 1 aromatic carbocycles. The fraction of sp³-hybridized carbons (Fsp3) is 0.500. The predicted molar refractivity (Wildman–Crippen MR) is 85.1 cm³/mol. The van der Waals surface area contributed by atoms with E-state index in [9.17, 15) is 4.79 Å². The molecule has 118 valence electrons. The molecule has 1 heterocycles. The van der Waals surface area contributed by atoms with Crippen LogP contribution in [0.1, 0.15) is 37.7 Å². The summed E-state index contributed by atoms with van der Waals surface area (Å²) in [6.45, 7) is 1.07. The molecule has 4 nitrogen and oxygen atoms in total. The van der Waals surface area contributed by atoms with Crippen molar-refractivity contribution in [3.63, 3.8) is 0 Å². The van der Waals surface area contributed by atoms with E-state index < -0.39 is 0 Å². The lowest BCUT2D eigenvalue weighted by Crippen LogP contribution is -2.36. The molecule has 2 aliphatic rings. The summed E-state index contributed by atoms with van der Waals surface area (Å²) in [6, 6.07) is 9.78. The molecule has 1 spiro atoms. The molecule has 4 heteroatoms. The Morgan fingerprint density at radius 2 is 2.00 bits per heavy atom. The van der Waals surface area contributed by atoms with Crippen molar-refractivity contribution in [2.75, 3.05) is 13.2 Å². The molecule has 1 aromatic rings. The third kappa shape index (κ3) is 3.96. The first-order chi connectivity index (χ1) is 10.8. The van der Waals surface area contributed by atoms with E-state index in [4.69, 9.17) is 9.47 Å². The fourth-order valence-corrected chi connectivity index (χ4v) is 3.08. The molecular formula is C18H23NO3. The Morgan fingerprint density at radius 3 is 2.77 bits per heavy atom. The minimum atomic E-state index is -0.368. The summed E-state index contributed by atoms with van der Waals surface area (Å²) in [5, 5.41) is 2.89. The van der Waals surface area contributed by atoms with Gasteiger partial charge in [0.25, 0.3) is 0 Å². The summed E-state index contributed by atoms with van der Waals surface area (Å²) in [7, 11) is 0. The Bertz CT molecular complexity index is 520. The summed E-state index contributed by atoms with van der Waals surface area (Å²) in [5.41, 5.74) is 1.01. The number of carbonyl (C=O) groups excluding carboxylic acids is 1. The number of hydrogen-bond acceptors (Lipinski definition) is 3. The van der Waals surface area contributed by atoms with E-state index in [1.807, 2.05) is 36.4 Å². The molecule has 1 amide bonds. The maximum absolute atomic E-state index is 11.8. The minimum Gasteiger partial charge on any atom is -0.350 e. The highest BCUT2D eigenvalue weighted by molar-refractivity contribution is 5.91. The first-order valence-corrected chi connectivity index (χ1v) is 8.09. The van der Waals surface area contributed by atoms with Crippen molar-refractivity contribution >= 4 is 12.0 Å². The molecule has 1 unspecified atom stereocenters. The van der Waals surface area contributed by atoms with Gasteiger partial charge in [-0.25, -0.2) is 0 Å². The SMILES string of the molecule is O=C(C=Cc1ccccc1)NCC1COC2(CCCCC2)O1. The molecule has 1 N–H and O–H groups in total. The summed E-state index contributed by atoms with van der Waals surface area (Å²) in [5.74, 6) is -0.467. The summed E-state index contributed by atoms with van der Waals surface area (Å²) < 4.78 is 11.9. The van der Waals surface area contributed by atoms with Gasteiger partial charge in [-0.05, 0) is 24.5 Å². The lowest BCUT2D eigenvalue weighted by molar-refractivity contribution is -0.186. The third-order valence-electron chi connectivity index (χ3n) is 4.26. The van der Waals surface area contributed by atoms with E-state index in [0.717, 1.165) is 18.4 Å². The zero-order chi connectivity index (χ0) is 15.3. The maximum Gasteiger partial charge on any atom is 0.244 e. The highest BCUT2D eigenvalue weighted by atomic mass is 16.7. The van der Waals surface area contributed by atoms with E-state index in [2.05, 4.69) is 5.32 Å². The summed E-state index contributed by atoms with van der Waals surface area (Å²) in [6.07, 6.45) is 8.88. The molecule has 0 radical (unpaired) electrons. The van der Waals surface area contributed by atoms with E-state index in [1.165, 1.54) is 19.3 Å². The molecule has 22 heavy (non-hydrogen) atoms. The molecule has 0 bridgehead atoms. The Morgan fingerprint density at radius 1 is 1.23 bits per heavy atom. The molecule has 1 atom stereocenters. The monoisotopic (exact) mass is 301 g/mol. The second-order valence-electron chi connectivity index (χ2n) is 6.01. The number of ether oxygens (including phenoxy) is 2. The van der Waals surface area contributed by atoms with Crippen molar-refractivity contribution in [2.24, 2.45) is 0 Å². The van der Waals surface area contributed by atoms with Crippen LogP contribution >= 0.6 is 0 Å². The molecule has 1 saturated heterocycles. The van der Waals surface area contributed by atoms with Crippen molar-refractivity contribution in [1.82, 2.24) is 5.32 Å². The van der Waals surface area contributed by atoms with E-state index >= 15 is 0 Å². The summed E-state index contributed by atoms with van der Waals surface area (Å²) >= 11 is 0. The highest BCUT2D eigenvalue weighted by Gasteiger charge is 2.42. The zero-order valence-corrected chi connectivity index (χ0v) is 12.8. The Hall–Kier alpha value is -1.65.